The quantitative estimate of drug-likeness (QED) is 0.828. The van der Waals surface area contributed by atoms with Gasteiger partial charge in [0.25, 0.3) is 5.91 Å². The SMILES string of the molecule is Cc1cnc(NC(=O)c2cccc(N)n2)s1. The number of hydrogen-bond donors (Lipinski definition) is 2. The lowest BCUT2D eigenvalue weighted by atomic mass is 10.3. The molecule has 3 N–H and O–H groups in total. The largest absolute Gasteiger partial charge is 0.384 e. The molecular formula is C10H10N4OS. The van der Waals surface area contributed by atoms with Crippen LogP contribution in [0.3, 0.4) is 0 Å². The minimum atomic E-state index is -0.304. The molecule has 0 saturated heterocycles. The first-order valence-electron chi connectivity index (χ1n) is 4.61. The second-order valence-corrected chi connectivity index (χ2v) is 4.41. The third-order valence-electron chi connectivity index (χ3n) is 1.85. The van der Waals surface area contributed by atoms with Crippen LogP contribution in [0.1, 0.15) is 15.4 Å². The number of aromatic nitrogens is 2. The van der Waals surface area contributed by atoms with Crippen LogP contribution in [0, 0.1) is 6.92 Å². The lowest BCUT2D eigenvalue weighted by Gasteiger charge is -2.01. The van der Waals surface area contributed by atoms with Gasteiger partial charge in [-0.05, 0) is 19.1 Å². The van der Waals surface area contributed by atoms with Crippen molar-refractivity contribution < 1.29 is 4.79 Å². The fourth-order valence-corrected chi connectivity index (χ4v) is 1.81. The van der Waals surface area contributed by atoms with E-state index >= 15 is 0 Å². The van der Waals surface area contributed by atoms with Gasteiger partial charge in [-0.15, -0.1) is 11.3 Å². The molecule has 82 valence electrons. The summed E-state index contributed by atoms with van der Waals surface area (Å²) >= 11 is 1.41. The minimum absolute atomic E-state index is 0.285. The molecule has 0 aliphatic heterocycles. The van der Waals surface area contributed by atoms with Crippen LogP contribution in [0.5, 0.6) is 0 Å². The van der Waals surface area contributed by atoms with E-state index < -0.39 is 0 Å². The third kappa shape index (κ3) is 2.34. The van der Waals surface area contributed by atoms with E-state index in [9.17, 15) is 4.79 Å². The number of nitrogen functional groups attached to an aromatic ring is 1. The van der Waals surface area contributed by atoms with Crippen LogP contribution in [-0.4, -0.2) is 15.9 Å². The van der Waals surface area contributed by atoms with Gasteiger partial charge in [0.15, 0.2) is 5.13 Å². The van der Waals surface area contributed by atoms with Crippen molar-refractivity contribution in [2.75, 3.05) is 11.1 Å². The van der Waals surface area contributed by atoms with Crippen LogP contribution in [0.25, 0.3) is 0 Å². The molecule has 0 atom stereocenters. The van der Waals surface area contributed by atoms with Gasteiger partial charge < -0.3 is 5.73 Å². The van der Waals surface area contributed by atoms with Crippen LogP contribution in [-0.2, 0) is 0 Å². The zero-order valence-corrected chi connectivity index (χ0v) is 9.41. The average molecular weight is 234 g/mol. The number of thiazole rings is 1. The van der Waals surface area contributed by atoms with E-state index in [0.29, 0.717) is 10.9 Å². The number of anilines is 2. The molecular weight excluding hydrogens is 224 g/mol. The maximum atomic E-state index is 11.7. The van der Waals surface area contributed by atoms with Crippen LogP contribution in [0.4, 0.5) is 10.9 Å². The monoisotopic (exact) mass is 234 g/mol. The Bertz CT molecular complexity index is 523. The first kappa shape index (κ1) is 10.6. The standard InChI is InChI=1S/C10H10N4OS/c1-6-5-12-10(16-6)14-9(15)7-3-2-4-8(11)13-7/h2-5H,1H3,(H2,11,13)(H,12,14,15). The highest BCUT2D eigenvalue weighted by Crippen LogP contribution is 2.17. The normalized spacial score (nSPS) is 10.1. The molecule has 0 radical (unpaired) electrons. The van der Waals surface area contributed by atoms with Gasteiger partial charge in [-0.25, -0.2) is 9.97 Å². The first-order chi connectivity index (χ1) is 7.65. The molecule has 5 nitrogen and oxygen atoms in total. The molecule has 16 heavy (non-hydrogen) atoms. The lowest BCUT2D eigenvalue weighted by molar-refractivity contribution is 0.102. The van der Waals surface area contributed by atoms with E-state index in [0.717, 1.165) is 4.88 Å². The number of carbonyl (C=O) groups excluding carboxylic acids is 1. The molecule has 2 heterocycles. The molecule has 2 rings (SSSR count). The second-order valence-electron chi connectivity index (χ2n) is 3.18. The van der Waals surface area contributed by atoms with E-state index in [4.69, 9.17) is 5.73 Å². The molecule has 2 aromatic heterocycles. The highest BCUT2D eigenvalue weighted by atomic mass is 32.1. The summed E-state index contributed by atoms with van der Waals surface area (Å²) in [6, 6.07) is 4.92. The highest BCUT2D eigenvalue weighted by Gasteiger charge is 2.09. The summed E-state index contributed by atoms with van der Waals surface area (Å²) in [6.45, 7) is 1.92. The summed E-state index contributed by atoms with van der Waals surface area (Å²) in [7, 11) is 0. The van der Waals surface area contributed by atoms with Gasteiger partial charge in [-0.2, -0.15) is 0 Å². The third-order valence-corrected chi connectivity index (χ3v) is 2.67. The lowest BCUT2D eigenvalue weighted by Crippen LogP contribution is -2.13. The van der Waals surface area contributed by atoms with E-state index in [1.54, 1.807) is 24.4 Å². The van der Waals surface area contributed by atoms with Gasteiger partial charge in [0.05, 0.1) is 0 Å². The van der Waals surface area contributed by atoms with E-state index in [1.807, 2.05) is 6.92 Å². The molecule has 1 amide bonds. The van der Waals surface area contributed by atoms with Gasteiger partial charge >= 0.3 is 0 Å². The Morgan fingerprint density at radius 2 is 2.31 bits per heavy atom. The van der Waals surface area contributed by atoms with Crippen LogP contribution < -0.4 is 11.1 Å². The molecule has 2 aromatic rings. The molecule has 0 unspecified atom stereocenters. The fraction of sp³-hybridized carbons (Fsp3) is 0.100. The maximum Gasteiger partial charge on any atom is 0.276 e. The van der Waals surface area contributed by atoms with E-state index in [2.05, 4.69) is 15.3 Å². The van der Waals surface area contributed by atoms with Gasteiger partial charge in [0, 0.05) is 11.1 Å². The Morgan fingerprint density at radius 3 is 2.94 bits per heavy atom. The number of aryl methyl sites for hydroxylation is 1. The predicted molar refractivity (Wildman–Crippen MR) is 63.5 cm³/mol. The predicted octanol–water partition coefficient (Wildman–Crippen LogP) is 1.68. The molecule has 0 aliphatic carbocycles. The van der Waals surface area contributed by atoms with E-state index in [-0.39, 0.29) is 11.6 Å². The smallest absolute Gasteiger partial charge is 0.276 e. The molecule has 0 fully saturated rings. The maximum absolute atomic E-state index is 11.7. The minimum Gasteiger partial charge on any atom is -0.384 e. The van der Waals surface area contributed by atoms with Crippen molar-refractivity contribution in [1.82, 2.24) is 9.97 Å². The number of hydrogen-bond acceptors (Lipinski definition) is 5. The number of rotatable bonds is 2. The van der Waals surface area contributed by atoms with Crippen molar-refractivity contribution in [3.05, 3.63) is 35.0 Å². The van der Waals surface area contributed by atoms with Crippen molar-refractivity contribution in [2.24, 2.45) is 0 Å². The highest BCUT2D eigenvalue weighted by molar-refractivity contribution is 7.15. The number of nitrogens with two attached hydrogens (primary N) is 1. The van der Waals surface area contributed by atoms with Gasteiger partial charge in [0.2, 0.25) is 0 Å². The van der Waals surface area contributed by atoms with Crippen molar-refractivity contribution >= 4 is 28.2 Å². The summed E-state index contributed by atoms with van der Waals surface area (Å²) < 4.78 is 0. The zero-order chi connectivity index (χ0) is 11.5. The summed E-state index contributed by atoms with van der Waals surface area (Å²) in [5, 5.41) is 3.22. The molecule has 6 heteroatoms. The Balaban J connectivity index is 2.14. The molecule has 0 aliphatic rings. The van der Waals surface area contributed by atoms with Gasteiger partial charge in [-0.1, -0.05) is 6.07 Å². The summed E-state index contributed by atoms with van der Waals surface area (Å²) in [4.78, 5) is 20.7. The Labute approximate surface area is 96.3 Å². The van der Waals surface area contributed by atoms with Crippen molar-refractivity contribution in [3.8, 4) is 0 Å². The number of nitrogens with one attached hydrogen (secondary N) is 1. The number of pyridine rings is 1. The Morgan fingerprint density at radius 1 is 1.50 bits per heavy atom. The number of carbonyl (C=O) groups is 1. The molecule has 0 spiro atoms. The summed E-state index contributed by atoms with van der Waals surface area (Å²) in [5.74, 6) is 0.0182. The second kappa shape index (κ2) is 4.28. The van der Waals surface area contributed by atoms with E-state index in [1.165, 1.54) is 11.3 Å². The zero-order valence-electron chi connectivity index (χ0n) is 8.60. The number of nitrogens with zero attached hydrogens (tertiary/aromatic N) is 2. The summed E-state index contributed by atoms with van der Waals surface area (Å²) in [5.41, 5.74) is 5.77. The van der Waals surface area contributed by atoms with Crippen molar-refractivity contribution in [2.45, 2.75) is 6.92 Å². The average Bonchev–Trinajstić information content (AvgIpc) is 2.64. The van der Waals surface area contributed by atoms with Crippen LogP contribution in [0.15, 0.2) is 24.4 Å². The van der Waals surface area contributed by atoms with Gasteiger partial charge in [0.1, 0.15) is 11.5 Å². The molecule has 0 aromatic carbocycles. The topological polar surface area (TPSA) is 80.9 Å². The van der Waals surface area contributed by atoms with Crippen LogP contribution >= 0.6 is 11.3 Å². The first-order valence-corrected chi connectivity index (χ1v) is 5.43. The Kier molecular flexibility index (Phi) is 2.82. The van der Waals surface area contributed by atoms with Crippen molar-refractivity contribution in [3.63, 3.8) is 0 Å². The van der Waals surface area contributed by atoms with Crippen LogP contribution in [0.2, 0.25) is 0 Å². The van der Waals surface area contributed by atoms with Gasteiger partial charge in [-0.3, -0.25) is 10.1 Å². The molecule has 0 saturated carbocycles. The summed E-state index contributed by atoms with van der Waals surface area (Å²) in [6.07, 6.45) is 1.70. The fourth-order valence-electron chi connectivity index (χ4n) is 1.15. The number of amides is 1. The van der Waals surface area contributed by atoms with Crippen molar-refractivity contribution in [1.29, 1.82) is 0 Å². The molecule has 0 bridgehead atoms. The Hall–Kier alpha value is -1.95.